The Kier molecular flexibility index (Phi) is 4.09. The summed E-state index contributed by atoms with van der Waals surface area (Å²) in [6.07, 6.45) is 0.673. The van der Waals surface area contributed by atoms with E-state index in [2.05, 4.69) is 20.6 Å². The Bertz CT molecular complexity index is 1090. The molecule has 2 amide bonds. The van der Waals surface area contributed by atoms with Crippen molar-refractivity contribution in [3.8, 4) is 0 Å². The summed E-state index contributed by atoms with van der Waals surface area (Å²) in [7, 11) is 0. The highest BCUT2D eigenvalue weighted by molar-refractivity contribution is 5.97. The average molecular weight is 396 g/mol. The van der Waals surface area contributed by atoms with Crippen LogP contribution in [0, 0.1) is 6.92 Å². The van der Waals surface area contributed by atoms with Gasteiger partial charge in [-0.15, -0.1) is 0 Å². The van der Waals surface area contributed by atoms with Crippen LogP contribution in [0.25, 0.3) is 11.0 Å². The lowest BCUT2D eigenvalue weighted by atomic mass is 10.0. The number of morpholine rings is 1. The van der Waals surface area contributed by atoms with Crippen molar-refractivity contribution < 1.29 is 18.8 Å². The van der Waals surface area contributed by atoms with Crippen LogP contribution in [0.4, 0.5) is 0 Å². The number of carbonyl (C=O) groups excluding carboxylic acids is 2. The van der Waals surface area contributed by atoms with E-state index in [-0.39, 0.29) is 11.8 Å². The van der Waals surface area contributed by atoms with Crippen molar-refractivity contribution >= 4 is 22.8 Å². The van der Waals surface area contributed by atoms with Crippen LogP contribution in [-0.4, -0.2) is 80.6 Å². The Morgan fingerprint density at radius 3 is 2.66 bits per heavy atom. The van der Waals surface area contributed by atoms with E-state index in [1.165, 1.54) is 0 Å². The summed E-state index contributed by atoms with van der Waals surface area (Å²) in [5.74, 6) is 0.342. The first-order chi connectivity index (χ1) is 14.0. The number of likely N-dealkylation sites (tertiary alicyclic amines) is 1. The van der Waals surface area contributed by atoms with Crippen molar-refractivity contribution in [2.45, 2.75) is 18.9 Å². The summed E-state index contributed by atoms with van der Waals surface area (Å²) in [5.41, 5.74) is 1.67. The summed E-state index contributed by atoms with van der Waals surface area (Å²) >= 11 is 0. The number of benzene rings is 1. The number of nitrogens with one attached hydrogen (secondary N) is 1. The number of carbonyl (C=O) groups is 2. The van der Waals surface area contributed by atoms with Gasteiger partial charge in [0.2, 0.25) is 0 Å². The largest absolute Gasteiger partial charge is 0.369 e. The number of hydrogen-bond acceptors (Lipinski definition) is 7. The molecule has 0 radical (unpaired) electrons. The first-order valence-corrected chi connectivity index (χ1v) is 9.49. The van der Waals surface area contributed by atoms with Crippen molar-refractivity contribution in [1.82, 2.24) is 30.4 Å². The summed E-state index contributed by atoms with van der Waals surface area (Å²) in [5, 5.41) is 14.4. The maximum absolute atomic E-state index is 13.0. The van der Waals surface area contributed by atoms with E-state index in [1.807, 2.05) is 0 Å². The third-order valence-corrected chi connectivity index (χ3v) is 5.55. The first kappa shape index (κ1) is 17.8. The second-order valence-electron chi connectivity index (χ2n) is 7.58. The van der Waals surface area contributed by atoms with Gasteiger partial charge in [0.1, 0.15) is 22.4 Å². The molecule has 10 heteroatoms. The average Bonchev–Trinajstić information content (AvgIpc) is 3.46. The van der Waals surface area contributed by atoms with E-state index >= 15 is 0 Å². The molecule has 2 aliphatic heterocycles. The van der Waals surface area contributed by atoms with Crippen LogP contribution in [0.1, 0.15) is 33.0 Å². The third kappa shape index (κ3) is 3.15. The van der Waals surface area contributed by atoms with Crippen molar-refractivity contribution in [2.75, 3.05) is 32.8 Å². The number of aromatic amines is 1. The van der Waals surface area contributed by atoms with Gasteiger partial charge in [-0.25, -0.2) is 0 Å². The van der Waals surface area contributed by atoms with Gasteiger partial charge in [0, 0.05) is 24.7 Å². The molecule has 2 aromatic heterocycles. The molecule has 1 N–H and O–H groups in total. The van der Waals surface area contributed by atoms with E-state index < -0.39 is 5.60 Å². The smallest absolute Gasteiger partial charge is 0.276 e. The zero-order valence-corrected chi connectivity index (χ0v) is 15.9. The number of aromatic nitrogens is 4. The highest BCUT2D eigenvalue weighted by Crippen LogP contribution is 2.31. The summed E-state index contributed by atoms with van der Waals surface area (Å²) in [4.78, 5) is 29.2. The van der Waals surface area contributed by atoms with Crippen LogP contribution >= 0.6 is 0 Å². The molecule has 2 saturated heterocycles. The summed E-state index contributed by atoms with van der Waals surface area (Å²) in [6.45, 7) is 4.09. The number of hydrogen-bond donors (Lipinski definition) is 1. The molecule has 29 heavy (non-hydrogen) atoms. The highest BCUT2D eigenvalue weighted by atomic mass is 16.5. The number of H-pyrrole nitrogens is 1. The molecule has 1 unspecified atom stereocenters. The molecule has 0 saturated carbocycles. The van der Waals surface area contributed by atoms with Gasteiger partial charge in [0.25, 0.3) is 11.8 Å². The number of aryl methyl sites for hydroxylation is 1. The Morgan fingerprint density at radius 2 is 1.86 bits per heavy atom. The number of rotatable bonds is 2. The summed E-state index contributed by atoms with van der Waals surface area (Å²) < 4.78 is 11.1. The predicted octanol–water partition coefficient (Wildman–Crippen LogP) is 1.01. The van der Waals surface area contributed by atoms with Gasteiger partial charge in [0.15, 0.2) is 5.69 Å². The molecule has 4 heterocycles. The SMILES string of the molecule is Cc1cc(C(=O)N2CCOC3(CCN(C(=O)c4ccc5n[nH]nc5c4)C3)C2)no1. The van der Waals surface area contributed by atoms with Crippen LogP contribution in [0.2, 0.25) is 0 Å². The quantitative estimate of drug-likeness (QED) is 0.687. The van der Waals surface area contributed by atoms with Crippen LogP contribution in [-0.2, 0) is 4.74 Å². The van der Waals surface area contributed by atoms with Crippen molar-refractivity contribution in [3.63, 3.8) is 0 Å². The lowest BCUT2D eigenvalue weighted by Crippen LogP contribution is -2.55. The zero-order chi connectivity index (χ0) is 20.0. The second kappa shape index (κ2) is 6.66. The molecule has 5 rings (SSSR count). The van der Waals surface area contributed by atoms with Gasteiger partial charge in [-0.2, -0.15) is 15.4 Å². The fraction of sp³-hybridized carbons (Fsp3) is 0.421. The molecule has 2 fully saturated rings. The minimum absolute atomic E-state index is 0.0778. The molecule has 1 atom stereocenters. The van der Waals surface area contributed by atoms with Gasteiger partial charge in [0.05, 0.1) is 19.7 Å². The monoisotopic (exact) mass is 396 g/mol. The third-order valence-electron chi connectivity index (χ3n) is 5.55. The highest BCUT2D eigenvalue weighted by Gasteiger charge is 2.45. The van der Waals surface area contributed by atoms with Crippen LogP contribution in [0.3, 0.4) is 0 Å². The van der Waals surface area contributed by atoms with Crippen LogP contribution in [0.15, 0.2) is 28.8 Å². The lowest BCUT2D eigenvalue weighted by molar-refractivity contribution is -0.0906. The molecule has 150 valence electrons. The minimum atomic E-state index is -0.555. The minimum Gasteiger partial charge on any atom is -0.369 e. The predicted molar refractivity (Wildman–Crippen MR) is 100 cm³/mol. The zero-order valence-electron chi connectivity index (χ0n) is 15.9. The van der Waals surface area contributed by atoms with E-state index in [0.717, 1.165) is 0 Å². The molecular formula is C19H20N6O4. The van der Waals surface area contributed by atoms with Gasteiger partial charge in [-0.05, 0) is 31.5 Å². The summed E-state index contributed by atoms with van der Waals surface area (Å²) in [6, 6.07) is 6.89. The fourth-order valence-corrected chi connectivity index (χ4v) is 4.07. The number of ether oxygens (including phenoxy) is 1. The van der Waals surface area contributed by atoms with E-state index in [1.54, 1.807) is 41.0 Å². The standard InChI is InChI=1S/C19H20N6O4/c1-12-8-16(22-29-12)18(27)25-6-7-28-19(11-25)4-5-24(10-19)17(26)13-2-3-14-15(9-13)21-23-20-14/h2-3,8-9H,4-7,10-11H2,1H3,(H,20,21,23). The van der Waals surface area contributed by atoms with Crippen LogP contribution in [0.5, 0.6) is 0 Å². The van der Waals surface area contributed by atoms with Crippen molar-refractivity contribution in [1.29, 1.82) is 0 Å². The maximum atomic E-state index is 13.0. The Morgan fingerprint density at radius 1 is 1.07 bits per heavy atom. The molecule has 3 aromatic rings. The van der Waals surface area contributed by atoms with Gasteiger partial charge < -0.3 is 19.1 Å². The lowest BCUT2D eigenvalue weighted by Gasteiger charge is -2.40. The molecule has 0 aliphatic carbocycles. The molecule has 1 spiro atoms. The molecular weight excluding hydrogens is 376 g/mol. The normalized spacial score (nSPS) is 22.0. The van der Waals surface area contributed by atoms with Crippen molar-refractivity contribution in [3.05, 3.63) is 41.3 Å². The van der Waals surface area contributed by atoms with Gasteiger partial charge in [-0.1, -0.05) is 5.16 Å². The Hall–Kier alpha value is -3.27. The number of nitrogens with zero attached hydrogens (tertiary/aromatic N) is 5. The molecule has 1 aromatic carbocycles. The van der Waals surface area contributed by atoms with Crippen molar-refractivity contribution in [2.24, 2.45) is 0 Å². The number of fused-ring (bicyclic) bond motifs is 1. The Labute approximate surface area is 165 Å². The number of amides is 2. The first-order valence-electron chi connectivity index (χ1n) is 9.49. The second-order valence-corrected chi connectivity index (χ2v) is 7.58. The molecule has 2 aliphatic rings. The van der Waals surface area contributed by atoms with Gasteiger partial charge in [-0.3, -0.25) is 9.59 Å². The topological polar surface area (TPSA) is 117 Å². The molecule has 0 bridgehead atoms. The van der Waals surface area contributed by atoms with E-state index in [9.17, 15) is 9.59 Å². The maximum Gasteiger partial charge on any atom is 0.276 e. The molecule has 10 nitrogen and oxygen atoms in total. The van der Waals surface area contributed by atoms with E-state index in [4.69, 9.17) is 9.26 Å². The Balaban J connectivity index is 1.30. The van der Waals surface area contributed by atoms with Gasteiger partial charge >= 0.3 is 0 Å². The van der Waals surface area contributed by atoms with Crippen LogP contribution < -0.4 is 0 Å². The van der Waals surface area contributed by atoms with E-state index in [0.29, 0.717) is 67.3 Å². The fourth-order valence-electron chi connectivity index (χ4n) is 4.07.